The Kier molecular flexibility index (Phi) is 8.59. The van der Waals surface area contributed by atoms with Crippen molar-refractivity contribution in [1.29, 1.82) is 0 Å². The molecule has 5 nitrogen and oxygen atoms in total. The number of benzene rings is 1. The van der Waals surface area contributed by atoms with E-state index < -0.39 is 10.1 Å². The van der Waals surface area contributed by atoms with Crippen LogP contribution in [0.4, 0.5) is 0 Å². The Labute approximate surface area is 186 Å². The van der Waals surface area contributed by atoms with Crippen LogP contribution in [0.3, 0.4) is 0 Å². The number of hydroxylamine groups is 2. The minimum atomic E-state index is -4.41. The van der Waals surface area contributed by atoms with Crippen molar-refractivity contribution in [3.63, 3.8) is 0 Å². The predicted octanol–water partition coefficient (Wildman–Crippen LogP) is 1.31. The van der Waals surface area contributed by atoms with Crippen LogP contribution in [-0.4, -0.2) is 35.7 Å². The van der Waals surface area contributed by atoms with Crippen molar-refractivity contribution in [2.24, 2.45) is 5.92 Å². The van der Waals surface area contributed by atoms with E-state index in [1.807, 2.05) is 0 Å². The van der Waals surface area contributed by atoms with E-state index in [0.29, 0.717) is 12.5 Å². The topological polar surface area (TPSA) is 69.7 Å². The summed E-state index contributed by atoms with van der Waals surface area (Å²) in [5, 5.41) is 2.15. The van der Waals surface area contributed by atoms with Crippen molar-refractivity contribution >= 4 is 10.1 Å². The second-order valence-corrected chi connectivity index (χ2v) is 10.2. The molecule has 1 atom stereocenters. The van der Waals surface area contributed by atoms with Gasteiger partial charge in [-0.2, -0.15) is 5.06 Å². The Bertz CT molecular complexity index is 698. The minimum Gasteiger partial charge on any atom is -0.744 e. The van der Waals surface area contributed by atoms with Crippen LogP contribution in [0.15, 0.2) is 29.2 Å². The van der Waals surface area contributed by atoms with E-state index in [4.69, 9.17) is 4.84 Å². The normalized spacial score (nSPS) is 21.4. The minimum absolute atomic E-state index is 0. The van der Waals surface area contributed by atoms with Gasteiger partial charge in [-0.25, -0.2) is 8.42 Å². The number of nitrogens with zero attached hydrogens (tertiary/aromatic N) is 1. The fraction of sp³-hybridized carbons (Fsp3) is 0.700. The standard InChI is InChI=1S/C20H33NO4S.Na/c1-7-16(17-8-10-18(11-9-17)26(22,23)24)14-25-21-19(3,4)12-15(2)13-20(21,5)6;/h8-11,15-16H,7,12-14H2,1-6H3,(H,22,23,24);/q;+1/p-1. The van der Waals surface area contributed by atoms with Gasteiger partial charge in [-0.15, -0.1) is 0 Å². The molecule has 0 N–H and O–H groups in total. The van der Waals surface area contributed by atoms with Crippen molar-refractivity contribution in [1.82, 2.24) is 5.06 Å². The zero-order valence-electron chi connectivity index (χ0n) is 17.8. The number of rotatable bonds is 6. The second-order valence-electron chi connectivity index (χ2n) is 8.86. The van der Waals surface area contributed by atoms with Crippen LogP contribution in [0.5, 0.6) is 0 Å². The van der Waals surface area contributed by atoms with E-state index in [0.717, 1.165) is 24.8 Å². The number of hydrogen-bond donors (Lipinski definition) is 0. The van der Waals surface area contributed by atoms with E-state index in [-0.39, 0.29) is 51.4 Å². The van der Waals surface area contributed by atoms with Crippen molar-refractivity contribution in [2.75, 3.05) is 6.61 Å². The molecule has 0 saturated carbocycles. The second kappa shape index (κ2) is 9.24. The third-order valence-corrected chi connectivity index (χ3v) is 6.18. The molecule has 0 amide bonds. The first-order chi connectivity index (χ1) is 11.9. The van der Waals surface area contributed by atoms with Crippen molar-refractivity contribution in [3.05, 3.63) is 29.8 Å². The van der Waals surface area contributed by atoms with E-state index in [2.05, 4.69) is 46.6 Å². The van der Waals surface area contributed by atoms with Crippen molar-refractivity contribution < 1.29 is 47.4 Å². The van der Waals surface area contributed by atoms with Crippen LogP contribution in [0.1, 0.15) is 72.3 Å². The molecule has 1 fully saturated rings. The predicted molar refractivity (Wildman–Crippen MR) is 102 cm³/mol. The van der Waals surface area contributed by atoms with Gasteiger partial charge in [0, 0.05) is 17.0 Å². The summed E-state index contributed by atoms with van der Waals surface area (Å²) in [6.45, 7) is 13.8. The Morgan fingerprint density at radius 3 is 2.04 bits per heavy atom. The molecule has 1 saturated heterocycles. The molecule has 7 heteroatoms. The van der Waals surface area contributed by atoms with Gasteiger partial charge in [-0.05, 0) is 70.6 Å². The summed E-state index contributed by atoms with van der Waals surface area (Å²) < 4.78 is 33.3. The summed E-state index contributed by atoms with van der Waals surface area (Å²) in [5.74, 6) is 0.799. The molecule has 0 radical (unpaired) electrons. The number of piperidine rings is 1. The Hall–Kier alpha value is 0.0500. The fourth-order valence-corrected chi connectivity index (χ4v) is 5.10. The third-order valence-electron chi connectivity index (χ3n) is 5.33. The average molecular weight is 406 g/mol. The van der Waals surface area contributed by atoms with Crippen LogP contribution in [0, 0.1) is 5.92 Å². The number of hydrogen-bond acceptors (Lipinski definition) is 5. The van der Waals surface area contributed by atoms with E-state index >= 15 is 0 Å². The molecule has 1 heterocycles. The van der Waals surface area contributed by atoms with Crippen LogP contribution in [0.2, 0.25) is 0 Å². The maximum Gasteiger partial charge on any atom is 1.00 e. The molecule has 1 aromatic carbocycles. The van der Waals surface area contributed by atoms with Gasteiger partial charge >= 0.3 is 29.6 Å². The first-order valence-corrected chi connectivity index (χ1v) is 10.8. The van der Waals surface area contributed by atoms with Crippen molar-refractivity contribution in [2.45, 2.75) is 82.7 Å². The SMILES string of the molecule is CCC(CON1C(C)(C)CC(C)CC1(C)C)c1ccc(S(=O)(=O)[O-])cc1.[Na+]. The first kappa shape index (κ1) is 25.1. The molecular formula is C20H32NNaO4S. The summed E-state index contributed by atoms with van der Waals surface area (Å²) >= 11 is 0. The summed E-state index contributed by atoms with van der Waals surface area (Å²) in [4.78, 5) is 6.13. The van der Waals surface area contributed by atoms with Crippen LogP contribution in [0.25, 0.3) is 0 Å². The van der Waals surface area contributed by atoms with Crippen LogP contribution < -0.4 is 29.6 Å². The molecule has 148 valence electrons. The molecule has 0 spiro atoms. The molecule has 1 unspecified atom stereocenters. The molecule has 0 aromatic heterocycles. The molecule has 27 heavy (non-hydrogen) atoms. The van der Waals surface area contributed by atoms with E-state index in [9.17, 15) is 13.0 Å². The van der Waals surface area contributed by atoms with Crippen LogP contribution >= 0.6 is 0 Å². The Morgan fingerprint density at radius 1 is 1.15 bits per heavy atom. The van der Waals surface area contributed by atoms with Gasteiger partial charge in [0.1, 0.15) is 10.1 Å². The van der Waals surface area contributed by atoms with Gasteiger partial charge in [0.25, 0.3) is 0 Å². The zero-order chi connectivity index (χ0) is 19.8. The Morgan fingerprint density at radius 2 is 1.63 bits per heavy atom. The molecule has 1 aliphatic rings. The monoisotopic (exact) mass is 405 g/mol. The quantitative estimate of drug-likeness (QED) is 0.527. The summed E-state index contributed by atoms with van der Waals surface area (Å²) in [6, 6.07) is 6.21. The summed E-state index contributed by atoms with van der Waals surface area (Å²) in [7, 11) is -4.41. The zero-order valence-corrected chi connectivity index (χ0v) is 20.6. The molecular weight excluding hydrogens is 373 g/mol. The molecule has 2 rings (SSSR count). The Balaban J connectivity index is 0.00000364. The van der Waals surface area contributed by atoms with Gasteiger partial charge in [0.2, 0.25) is 0 Å². The maximum absolute atomic E-state index is 11.1. The van der Waals surface area contributed by atoms with Gasteiger partial charge < -0.3 is 4.55 Å². The van der Waals surface area contributed by atoms with E-state index in [1.54, 1.807) is 12.1 Å². The van der Waals surface area contributed by atoms with Crippen molar-refractivity contribution in [3.8, 4) is 0 Å². The smallest absolute Gasteiger partial charge is 0.744 e. The largest absolute Gasteiger partial charge is 1.00 e. The average Bonchev–Trinajstić information content (AvgIpc) is 2.48. The van der Waals surface area contributed by atoms with E-state index in [1.165, 1.54) is 12.1 Å². The summed E-state index contributed by atoms with van der Waals surface area (Å²) in [5.41, 5.74) is 0.904. The third kappa shape index (κ3) is 6.26. The first-order valence-electron chi connectivity index (χ1n) is 9.36. The van der Waals surface area contributed by atoms with Crippen LogP contribution in [-0.2, 0) is 15.0 Å². The van der Waals surface area contributed by atoms with Gasteiger partial charge in [-0.1, -0.05) is 26.0 Å². The summed E-state index contributed by atoms with van der Waals surface area (Å²) in [6.07, 6.45) is 3.04. The molecule has 0 bridgehead atoms. The molecule has 0 aliphatic carbocycles. The van der Waals surface area contributed by atoms with Gasteiger partial charge in [0.05, 0.1) is 11.5 Å². The molecule has 1 aliphatic heterocycles. The maximum atomic E-state index is 11.1. The van der Waals surface area contributed by atoms with Gasteiger partial charge in [-0.3, -0.25) is 4.84 Å². The molecule has 1 aromatic rings. The fourth-order valence-electron chi connectivity index (χ4n) is 4.63. The van der Waals surface area contributed by atoms with Gasteiger partial charge in [0.15, 0.2) is 0 Å².